The summed E-state index contributed by atoms with van der Waals surface area (Å²) >= 11 is 1.62. The molecule has 0 saturated heterocycles. The highest BCUT2D eigenvalue weighted by molar-refractivity contribution is 7.99. The number of thioether (sulfide) groups is 1. The minimum atomic E-state index is -0.380. The molecule has 2 heterocycles. The molecular weight excluding hydrogens is 584 g/mol. The molecule has 5 aromatic rings. The number of methoxy groups -OCH3 is 5. The molecule has 0 fully saturated rings. The highest BCUT2D eigenvalue weighted by Gasteiger charge is 2.24. The molecule has 11 heteroatoms. The Bertz CT molecular complexity index is 1860. The summed E-state index contributed by atoms with van der Waals surface area (Å²) in [6, 6.07) is 10.8. The Balaban J connectivity index is 1.50. The predicted molar refractivity (Wildman–Crippen MR) is 171 cm³/mol. The molecule has 0 unspecified atom stereocenters. The number of aromatic nitrogens is 2. The zero-order valence-corrected chi connectivity index (χ0v) is 26.5. The molecule has 0 atom stereocenters. The van der Waals surface area contributed by atoms with Crippen LogP contribution in [0.3, 0.4) is 0 Å². The van der Waals surface area contributed by atoms with Crippen LogP contribution in [0.2, 0.25) is 0 Å². The topological polar surface area (TPSA) is 111 Å². The van der Waals surface area contributed by atoms with Crippen LogP contribution in [0.4, 0.5) is 0 Å². The van der Waals surface area contributed by atoms with Crippen molar-refractivity contribution in [1.82, 2.24) is 9.97 Å². The number of hydrogen-bond acceptors (Lipinski definition) is 11. The maximum atomic E-state index is 14.0. The highest BCUT2D eigenvalue weighted by atomic mass is 32.2. The van der Waals surface area contributed by atoms with Crippen molar-refractivity contribution in [3.05, 3.63) is 64.1 Å². The van der Waals surface area contributed by atoms with E-state index in [9.17, 15) is 4.79 Å². The fraction of sp³-hybridized carbons (Fsp3) is 0.303. The van der Waals surface area contributed by atoms with Gasteiger partial charge in [-0.05, 0) is 49.6 Å². The number of aryl methyl sites for hydroxylation is 2. The predicted octanol–water partition coefficient (Wildman–Crippen LogP) is 6.62. The van der Waals surface area contributed by atoms with Crippen LogP contribution < -0.4 is 33.8 Å². The summed E-state index contributed by atoms with van der Waals surface area (Å²) in [7, 11) is 7.57. The van der Waals surface area contributed by atoms with Crippen LogP contribution >= 0.6 is 11.8 Å². The minimum Gasteiger partial charge on any atom is -0.496 e. The number of benzene rings is 3. The van der Waals surface area contributed by atoms with Crippen LogP contribution in [0.1, 0.15) is 17.5 Å². The first kappa shape index (κ1) is 30.8. The molecule has 3 aromatic carbocycles. The molecule has 0 aliphatic rings. The molecule has 2 aromatic heterocycles. The lowest BCUT2D eigenvalue weighted by Crippen LogP contribution is -2.12. The van der Waals surface area contributed by atoms with E-state index in [-0.39, 0.29) is 34.5 Å². The molecule has 0 aliphatic carbocycles. The van der Waals surface area contributed by atoms with Crippen molar-refractivity contribution in [3.8, 4) is 45.8 Å². The van der Waals surface area contributed by atoms with E-state index in [4.69, 9.17) is 32.8 Å². The molecule has 0 radical (unpaired) electrons. The maximum absolute atomic E-state index is 14.0. The van der Waals surface area contributed by atoms with E-state index in [1.165, 1.54) is 41.1 Å². The normalized spacial score (nSPS) is 11.1. The maximum Gasteiger partial charge on any atom is 0.239 e. The Morgan fingerprint density at radius 1 is 0.818 bits per heavy atom. The highest BCUT2D eigenvalue weighted by Crippen LogP contribution is 2.44. The van der Waals surface area contributed by atoms with Gasteiger partial charge in [0.2, 0.25) is 16.9 Å². The summed E-state index contributed by atoms with van der Waals surface area (Å²) < 4.78 is 40.1. The second-order valence-electron chi connectivity index (χ2n) is 9.84. The van der Waals surface area contributed by atoms with E-state index in [0.717, 1.165) is 21.5 Å². The van der Waals surface area contributed by atoms with Gasteiger partial charge in [0, 0.05) is 28.8 Å². The molecular formula is C33H34N2O8S. The van der Waals surface area contributed by atoms with Crippen LogP contribution in [0.5, 0.6) is 34.5 Å². The first-order valence-electron chi connectivity index (χ1n) is 13.8. The molecule has 0 N–H and O–H groups in total. The van der Waals surface area contributed by atoms with Crippen molar-refractivity contribution in [2.75, 3.05) is 47.9 Å². The summed E-state index contributed by atoms with van der Waals surface area (Å²) in [5, 5.41) is 2.16. The van der Waals surface area contributed by atoms with Gasteiger partial charge in [0.05, 0.1) is 47.7 Å². The number of fused-ring (bicyclic) bond motifs is 2. The van der Waals surface area contributed by atoms with Gasteiger partial charge in [-0.3, -0.25) is 4.79 Å². The molecule has 5 rings (SSSR count). The lowest BCUT2D eigenvalue weighted by molar-refractivity contribution is 0.309. The standard InChI is InChI=1S/C33H34N2O8S/c1-18-9-10-22-28(19(18)2)34-17-35-33(22)44-12-8-11-42-32-29(36)27-23(38-4)15-21(37-3)16-24(27)43-30(32)20-13-25(39-5)31(41-7)26(14-20)40-6/h9-10,13-17H,8,11-12H2,1-7H3. The van der Waals surface area contributed by atoms with Crippen LogP contribution in [-0.4, -0.2) is 57.9 Å². The van der Waals surface area contributed by atoms with Crippen molar-refractivity contribution in [2.24, 2.45) is 0 Å². The number of hydrogen-bond donors (Lipinski definition) is 0. The quantitative estimate of drug-likeness (QED) is 0.0854. The van der Waals surface area contributed by atoms with E-state index < -0.39 is 0 Å². The fourth-order valence-electron chi connectivity index (χ4n) is 4.92. The molecule has 10 nitrogen and oxygen atoms in total. The lowest BCUT2D eigenvalue weighted by Gasteiger charge is -2.17. The average molecular weight is 619 g/mol. The second-order valence-corrected chi connectivity index (χ2v) is 10.9. The van der Waals surface area contributed by atoms with E-state index in [1.807, 2.05) is 0 Å². The van der Waals surface area contributed by atoms with Crippen molar-refractivity contribution >= 4 is 33.6 Å². The Morgan fingerprint density at radius 2 is 1.55 bits per heavy atom. The molecule has 0 bridgehead atoms. The first-order chi connectivity index (χ1) is 21.3. The molecule has 0 spiro atoms. The second kappa shape index (κ2) is 13.3. The molecule has 230 valence electrons. The third kappa shape index (κ3) is 5.79. The largest absolute Gasteiger partial charge is 0.496 e. The van der Waals surface area contributed by atoms with Gasteiger partial charge in [0.1, 0.15) is 33.8 Å². The Kier molecular flexibility index (Phi) is 9.34. The van der Waals surface area contributed by atoms with Gasteiger partial charge >= 0.3 is 0 Å². The average Bonchev–Trinajstić information content (AvgIpc) is 3.05. The van der Waals surface area contributed by atoms with Crippen molar-refractivity contribution in [2.45, 2.75) is 25.3 Å². The van der Waals surface area contributed by atoms with Gasteiger partial charge in [0.15, 0.2) is 17.3 Å². The van der Waals surface area contributed by atoms with Gasteiger partial charge in [-0.15, -0.1) is 11.8 Å². The molecule has 44 heavy (non-hydrogen) atoms. The molecule has 0 amide bonds. The lowest BCUT2D eigenvalue weighted by atomic mass is 10.1. The third-order valence-electron chi connectivity index (χ3n) is 7.34. The Hall–Kier alpha value is -4.64. The Morgan fingerprint density at radius 3 is 2.20 bits per heavy atom. The van der Waals surface area contributed by atoms with Crippen molar-refractivity contribution in [3.63, 3.8) is 0 Å². The van der Waals surface area contributed by atoms with Crippen LogP contribution in [0, 0.1) is 13.8 Å². The van der Waals surface area contributed by atoms with Crippen LogP contribution in [0.25, 0.3) is 33.2 Å². The molecule has 0 saturated carbocycles. The fourth-order valence-corrected chi connectivity index (χ4v) is 5.82. The van der Waals surface area contributed by atoms with Gasteiger partial charge in [-0.25, -0.2) is 9.97 Å². The Labute approximate surface area is 259 Å². The molecule has 0 aliphatic heterocycles. The number of rotatable bonds is 12. The van der Waals surface area contributed by atoms with Gasteiger partial charge < -0.3 is 32.8 Å². The zero-order valence-electron chi connectivity index (χ0n) is 25.7. The van der Waals surface area contributed by atoms with Crippen LogP contribution in [-0.2, 0) is 0 Å². The van der Waals surface area contributed by atoms with E-state index >= 15 is 0 Å². The minimum absolute atomic E-state index is 0.0406. The van der Waals surface area contributed by atoms with Gasteiger partial charge in [-0.1, -0.05) is 6.07 Å². The van der Waals surface area contributed by atoms with Crippen molar-refractivity contribution in [1.29, 1.82) is 0 Å². The summed E-state index contributed by atoms with van der Waals surface area (Å²) in [4.78, 5) is 23.0. The monoisotopic (exact) mass is 618 g/mol. The van der Waals surface area contributed by atoms with E-state index in [0.29, 0.717) is 46.5 Å². The van der Waals surface area contributed by atoms with Gasteiger partial charge in [0.25, 0.3) is 0 Å². The summed E-state index contributed by atoms with van der Waals surface area (Å²) in [6.07, 6.45) is 2.23. The number of nitrogens with zero attached hydrogens (tertiary/aromatic N) is 2. The number of ether oxygens (including phenoxy) is 6. The van der Waals surface area contributed by atoms with E-state index in [1.54, 1.807) is 42.4 Å². The van der Waals surface area contributed by atoms with Crippen molar-refractivity contribution < 1.29 is 32.8 Å². The summed E-state index contributed by atoms with van der Waals surface area (Å²) in [6.45, 7) is 4.39. The smallest absolute Gasteiger partial charge is 0.239 e. The van der Waals surface area contributed by atoms with Crippen LogP contribution in [0.15, 0.2) is 57.0 Å². The third-order valence-corrected chi connectivity index (χ3v) is 8.43. The SMILES string of the molecule is COc1cc(OC)c2c(=O)c(OCCCSc3ncnc4c(C)c(C)ccc34)c(-c3cc(OC)c(OC)c(OC)c3)oc2c1. The summed E-state index contributed by atoms with van der Waals surface area (Å²) in [5.41, 5.74) is 3.68. The van der Waals surface area contributed by atoms with E-state index in [2.05, 4.69) is 35.9 Å². The van der Waals surface area contributed by atoms with Gasteiger partial charge in [-0.2, -0.15) is 0 Å². The first-order valence-corrected chi connectivity index (χ1v) is 14.8. The summed E-state index contributed by atoms with van der Waals surface area (Å²) in [5.74, 6) is 2.95. The zero-order chi connectivity index (χ0) is 31.4.